The van der Waals surface area contributed by atoms with E-state index in [1.54, 1.807) is 24.3 Å². The molecule has 0 spiro atoms. The van der Waals surface area contributed by atoms with Gasteiger partial charge in [0.25, 0.3) is 5.91 Å². The van der Waals surface area contributed by atoms with Crippen LogP contribution in [0.15, 0.2) is 42.5 Å². The van der Waals surface area contributed by atoms with E-state index < -0.39 is 0 Å². The molecule has 7 heteroatoms. The number of ether oxygens (including phenoxy) is 1. The van der Waals surface area contributed by atoms with Crippen molar-refractivity contribution in [1.82, 2.24) is 0 Å². The molecule has 2 rings (SSSR count). The summed E-state index contributed by atoms with van der Waals surface area (Å²) in [6, 6.07) is 13.7. The van der Waals surface area contributed by atoms with Crippen LogP contribution in [-0.2, 0) is 4.79 Å². The highest BCUT2D eigenvalue weighted by atomic mass is 35.5. The number of rotatable bonds is 5. The Balaban J connectivity index is 2.11. The van der Waals surface area contributed by atoms with E-state index in [-0.39, 0.29) is 34.9 Å². The molecule has 0 fully saturated rings. The van der Waals surface area contributed by atoms with Gasteiger partial charge in [0, 0.05) is 11.8 Å². The molecule has 0 saturated heterocycles. The zero-order chi connectivity index (χ0) is 16.8. The maximum Gasteiger partial charge on any atom is 0.265 e. The predicted molar refractivity (Wildman–Crippen MR) is 91.4 cm³/mol. The molecule has 118 valence electrons. The van der Waals surface area contributed by atoms with E-state index in [0.29, 0.717) is 10.7 Å². The highest BCUT2D eigenvalue weighted by molar-refractivity contribution is 6.43. The van der Waals surface area contributed by atoms with Gasteiger partial charge in [-0.2, -0.15) is 5.26 Å². The lowest BCUT2D eigenvalue weighted by molar-refractivity contribution is -0.120. The summed E-state index contributed by atoms with van der Waals surface area (Å²) in [5.41, 5.74) is 0.614. The van der Waals surface area contributed by atoms with Crippen molar-refractivity contribution < 1.29 is 9.53 Å². The van der Waals surface area contributed by atoms with Crippen molar-refractivity contribution in [3.05, 3.63) is 57.5 Å². The number of halogens is 3. The SMILES string of the molecule is N#CCN(C(=O)COc1cc(Cl)c(Cl)cc1Cl)c1ccccc1. The number of carbonyl (C=O) groups excluding carboxylic acids is 1. The van der Waals surface area contributed by atoms with Crippen LogP contribution in [0.2, 0.25) is 15.1 Å². The van der Waals surface area contributed by atoms with Crippen LogP contribution in [0.25, 0.3) is 0 Å². The van der Waals surface area contributed by atoms with Crippen LogP contribution in [-0.4, -0.2) is 19.1 Å². The fraction of sp³-hybridized carbons (Fsp3) is 0.125. The van der Waals surface area contributed by atoms with Gasteiger partial charge in [-0.05, 0) is 18.2 Å². The number of nitriles is 1. The third-order valence-corrected chi connectivity index (χ3v) is 3.94. The Morgan fingerprint density at radius 1 is 1.09 bits per heavy atom. The maximum atomic E-state index is 12.3. The number of hydrogen-bond donors (Lipinski definition) is 0. The highest BCUT2D eigenvalue weighted by Crippen LogP contribution is 2.33. The molecule has 1 amide bonds. The molecule has 0 N–H and O–H groups in total. The van der Waals surface area contributed by atoms with Gasteiger partial charge in [0.2, 0.25) is 0 Å². The summed E-state index contributed by atoms with van der Waals surface area (Å²) < 4.78 is 5.41. The Kier molecular flexibility index (Phi) is 6.12. The van der Waals surface area contributed by atoms with Crippen molar-refractivity contribution in [3.8, 4) is 11.8 Å². The Morgan fingerprint density at radius 3 is 2.39 bits per heavy atom. The number of amides is 1. The van der Waals surface area contributed by atoms with Crippen molar-refractivity contribution in [2.24, 2.45) is 0 Å². The number of carbonyl (C=O) groups is 1. The fourth-order valence-corrected chi connectivity index (χ4v) is 2.43. The van der Waals surface area contributed by atoms with Gasteiger partial charge in [-0.1, -0.05) is 53.0 Å². The molecule has 2 aromatic carbocycles. The Hall–Kier alpha value is -1.93. The van der Waals surface area contributed by atoms with E-state index in [0.717, 1.165) is 0 Å². The highest BCUT2D eigenvalue weighted by Gasteiger charge is 2.17. The van der Waals surface area contributed by atoms with Crippen LogP contribution < -0.4 is 9.64 Å². The molecule has 0 aromatic heterocycles. The quantitative estimate of drug-likeness (QED) is 0.572. The maximum absolute atomic E-state index is 12.3. The summed E-state index contributed by atoms with van der Waals surface area (Å²) in [7, 11) is 0. The predicted octanol–water partition coefficient (Wildman–Crippen LogP) is 4.58. The second-order valence-corrected chi connectivity index (χ2v) is 5.68. The standard InChI is InChI=1S/C16H11Cl3N2O2/c17-12-8-14(19)15(9-13(12)18)23-10-16(22)21(7-6-20)11-4-2-1-3-5-11/h1-5,8-9H,7,10H2. The fourth-order valence-electron chi connectivity index (χ4n) is 1.83. The van der Waals surface area contributed by atoms with Crippen molar-refractivity contribution >= 4 is 46.4 Å². The van der Waals surface area contributed by atoms with Crippen LogP contribution >= 0.6 is 34.8 Å². The van der Waals surface area contributed by atoms with Gasteiger partial charge in [-0.25, -0.2) is 0 Å². The van der Waals surface area contributed by atoms with Crippen LogP contribution in [0.1, 0.15) is 0 Å². The molecule has 0 unspecified atom stereocenters. The van der Waals surface area contributed by atoms with E-state index in [2.05, 4.69) is 0 Å². The minimum atomic E-state index is -0.375. The van der Waals surface area contributed by atoms with Gasteiger partial charge in [0.05, 0.1) is 21.1 Å². The molecule has 2 aromatic rings. The number of anilines is 1. The van der Waals surface area contributed by atoms with E-state index in [9.17, 15) is 4.79 Å². The topological polar surface area (TPSA) is 53.3 Å². The first-order valence-corrected chi connectivity index (χ1v) is 7.66. The van der Waals surface area contributed by atoms with E-state index in [1.165, 1.54) is 17.0 Å². The van der Waals surface area contributed by atoms with Crippen LogP contribution in [0, 0.1) is 11.3 Å². The number of benzene rings is 2. The summed E-state index contributed by atoms with van der Waals surface area (Å²) in [5, 5.41) is 9.72. The van der Waals surface area contributed by atoms with Gasteiger partial charge < -0.3 is 4.74 Å². The second-order valence-electron chi connectivity index (χ2n) is 4.46. The molecular formula is C16H11Cl3N2O2. The van der Waals surface area contributed by atoms with Crippen LogP contribution in [0.5, 0.6) is 5.75 Å². The lowest BCUT2D eigenvalue weighted by atomic mass is 10.3. The van der Waals surface area contributed by atoms with Gasteiger partial charge in [-0.15, -0.1) is 0 Å². The molecular weight excluding hydrogens is 359 g/mol. The van der Waals surface area contributed by atoms with Crippen LogP contribution in [0.4, 0.5) is 5.69 Å². The number of nitrogens with zero attached hydrogens (tertiary/aromatic N) is 2. The van der Waals surface area contributed by atoms with Gasteiger partial charge >= 0.3 is 0 Å². The summed E-state index contributed by atoms with van der Waals surface area (Å²) in [4.78, 5) is 13.6. The lowest BCUT2D eigenvalue weighted by Gasteiger charge is -2.20. The van der Waals surface area contributed by atoms with E-state index in [1.807, 2.05) is 12.1 Å². The van der Waals surface area contributed by atoms with Gasteiger partial charge in [0.15, 0.2) is 6.61 Å². The zero-order valence-corrected chi connectivity index (χ0v) is 14.1. The normalized spacial score (nSPS) is 10.0. The van der Waals surface area contributed by atoms with Crippen LogP contribution in [0.3, 0.4) is 0 Å². The number of hydrogen-bond acceptors (Lipinski definition) is 3. The van der Waals surface area contributed by atoms with Crippen molar-refractivity contribution in [3.63, 3.8) is 0 Å². The van der Waals surface area contributed by atoms with Crippen molar-refractivity contribution in [2.75, 3.05) is 18.1 Å². The molecule has 0 bridgehead atoms. The van der Waals surface area contributed by atoms with E-state index in [4.69, 9.17) is 44.8 Å². The molecule has 0 saturated carbocycles. The minimum absolute atomic E-state index is 0.0820. The first-order valence-electron chi connectivity index (χ1n) is 6.52. The molecule has 0 atom stereocenters. The Bertz CT molecular complexity index is 745. The van der Waals surface area contributed by atoms with Gasteiger partial charge in [0.1, 0.15) is 12.3 Å². The lowest BCUT2D eigenvalue weighted by Crippen LogP contribution is -2.35. The average Bonchev–Trinajstić information content (AvgIpc) is 2.55. The Morgan fingerprint density at radius 2 is 1.74 bits per heavy atom. The first kappa shape index (κ1) is 17.4. The van der Waals surface area contributed by atoms with Crippen molar-refractivity contribution in [1.29, 1.82) is 5.26 Å². The molecule has 4 nitrogen and oxygen atoms in total. The smallest absolute Gasteiger partial charge is 0.265 e. The monoisotopic (exact) mass is 368 g/mol. The summed E-state index contributed by atoms with van der Waals surface area (Å²) >= 11 is 17.7. The molecule has 0 aliphatic heterocycles. The van der Waals surface area contributed by atoms with Crippen molar-refractivity contribution in [2.45, 2.75) is 0 Å². The zero-order valence-electron chi connectivity index (χ0n) is 11.8. The average molecular weight is 370 g/mol. The third kappa shape index (κ3) is 4.52. The Labute approximate surface area is 148 Å². The van der Waals surface area contributed by atoms with Gasteiger partial charge in [-0.3, -0.25) is 9.69 Å². The largest absolute Gasteiger partial charge is 0.482 e. The molecule has 0 radical (unpaired) electrons. The molecule has 23 heavy (non-hydrogen) atoms. The first-order chi connectivity index (χ1) is 11.0. The molecule has 0 aliphatic rings. The second kappa shape index (κ2) is 8.07. The minimum Gasteiger partial charge on any atom is -0.482 e. The summed E-state index contributed by atoms with van der Waals surface area (Å²) in [6.07, 6.45) is 0. The van der Waals surface area contributed by atoms with E-state index >= 15 is 0 Å². The third-order valence-electron chi connectivity index (χ3n) is 2.92. The molecule has 0 aliphatic carbocycles. The summed E-state index contributed by atoms with van der Waals surface area (Å²) in [5.74, 6) is -0.126. The summed E-state index contributed by atoms with van der Waals surface area (Å²) in [6.45, 7) is -0.366. The number of para-hydroxylation sites is 1. The molecule has 0 heterocycles.